The minimum Gasteiger partial charge on any atom is -0.493 e. The van der Waals surface area contributed by atoms with Crippen LogP contribution in [0.2, 0.25) is 0 Å². The summed E-state index contributed by atoms with van der Waals surface area (Å²) in [5, 5.41) is 4.85. The number of aromatic nitrogens is 1. The molecule has 0 saturated carbocycles. The first-order chi connectivity index (χ1) is 15.3. The fourth-order valence-electron chi connectivity index (χ4n) is 2.32. The van der Waals surface area contributed by atoms with Crippen LogP contribution in [0, 0.1) is 0 Å². The predicted octanol–water partition coefficient (Wildman–Crippen LogP) is 6.85. The van der Waals surface area contributed by atoms with Gasteiger partial charge in [0, 0.05) is 18.1 Å². The van der Waals surface area contributed by atoms with Gasteiger partial charge in [0.25, 0.3) is 5.91 Å². The van der Waals surface area contributed by atoms with Gasteiger partial charge in [-0.3, -0.25) is 15.1 Å². The molecule has 0 aliphatic heterocycles. The van der Waals surface area contributed by atoms with Crippen LogP contribution in [0.3, 0.4) is 0 Å². The van der Waals surface area contributed by atoms with Crippen LogP contribution in [0.1, 0.15) is 69.8 Å². The van der Waals surface area contributed by atoms with Gasteiger partial charge in [0.05, 0.1) is 17.7 Å². The van der Waals surface area contributed by atoms with Crippen molar-refractivity contribution in [2.45, 2.75) is 60.1 Å². The lowest BCUT2D eigenvalue weighted by Crippen LogP contribution is -2.34. The number of carbonyl (C=O) groups excluding carboxylic acids is 1. The third kappa shape index (κ3) is 10.6. The Bertz CT molecular complexity index is 816. The summed E-state index contributed by atoms with van der Waals surface area (Å²) in [5.74, 6) is -0.753. The van der Waals surface area contributed by atoms with E-state index in [0.717, 1.165) is 18.9 Å². The number of hydrogen-bond donors (Lipinski definition) is 2. The third-order valence-electron chi connectivity index (χ3n) is 3.70. The number of nitrogens with zero attached hydrogens (tertiary/aromatic N) is 1. The first-order valence-corrected chi connectivity index (χ1v) is 11.1. The second kappa shape index (κ2) is 16.0. The Morgan fingerprint density at radius 3 is 2.38 bits per heavy atom. The fraction of sp³-hybridized carbons (Fsp3) is 0.435. The molecule has 2 N–H and O–H groups in total. The summed E-state index contributed by atoms with van der Waals surface area (Å²) < 4.78 is 45.4. The molecule has 9 heteroatoms. The van der Waals surface area contributed by atoms with Crippen molar-refractivity contribution in [1.82, 2.24) is 10.3 Å². The summed E-state index contributed by atoms with van der Waals surface area (Å²) in [6.07, 6.45) is 0.783. The number of unbranched alkanes of at least 4 members (excludes halogenated alkanes) is 2. The molecule has 0 fully saturated rings. The molecular formula is C23H32F3N3O2S. The van der Waals surface area contributed by atoms with Crippen LogP contribution >= 0.6 is 12.2 Å². The van der Waals surface area contributed by atoms with Crippen LogP contribution in [-0.4, -0.2) is 22.6 Å². The molecule has 178 valence electrons. The van der Waals surface area contributed by atoms with Crippen LogP contribution in [0.5, 0.6) is 5.75 Å². The summed E-state index contributed by atoms with van der Waals surface area (Å²) in [5.41, 5.74) is -0.543. The first kappa shape index (κ1) is 29.3. The van der Waals surface area contributed by atoms with Gasteiger partial charge in [-0.15, -0.1) is 0 Å². The number of amides is 1. The van der Waals surface area contributed by atoms with Gasteiger partial charge in [-0.2, -0.15) is 13.2 Å². The molecule has 0 bridgehead atoms. The van der Waals surface area contributed by atoms with E-state index in [2.05, 4.69) is 15.6 Å². The molecule has 0 aliphatic carbocycles. The normalized spacial score (nSPS) is 10.0. The largest absolute Gasteiger partial charge is 0.493 e. The van der Waals surface area contributed by atoms with Crippen molar-refractivity contribution in [3.63, 3.8) is 0 Å². The maximum atomic E-state index is 13.4. The molecular weight excluding hydrogens is 439 g/mol. The van der Waals surface area contributed by atoms with E-state index in [1.165, 1.54) is 30.6 Å². The van der Waals surface area contributed by atoms with E-state index in [-0.39, 0.29) is 28.7 Å². The Morgan fingerprint density at radius 2 is 1.81 bits per heavy atom. The molecule has 1 aromatic carbocycles. The van der Waals surface area contributed by atoms with E-state index < -0.39 is 17.6 Å². The Balaban J connectivity index is 0.00000227. The molecule has 2 rings (SSSR count). The Kier molecular flexibility index (Phi) is 14.7. The molecule has 0 radical (unpaired) electrons. The zero-order valence-corrected chi connectivity index (χ0v) is 20.0. The lowest BCUT2D eigenvalue weighted by Gasteiger charge is -2.16. The number of ether oxygens (including phenoxy) is 1. The average molecular weight is 472 g/mol. The SMILES string of the molecule is CC.CC.CCCCCOc1ccc(NC(=S)NC(=O)c2cccnc2)cc1C(F)(F)F. The van der Waals surface area contributed by atoms with E-state index in [9.17, 15) is 18.0 Å². The second-order valence-corrected chi connectivity index (χ2v) is 6.32. The van der Waals surface area contributed by atoms with E-state index >= 15 is 0 Å². The molecule has 1 aromatic heterocycles. The van der Waals surface area contributed by atoms with Crippen LogP contribution in [0.4, 0.5) is 18.9 Å². The molecule has 32 heavy (non-hydrogen) atoms. The van der Waals surface area contributed by atoms with Crippen LogP contribution in [0.15, 0.2) is 42.7 Å². The molecule has 0 unspecified atom stereocenters. The predicted molar refractivity (Wildman–Crippen MR) is 127 cm³/mol. The topological polar surface area (TPSA) is 63.2 Å². The smallest absolute Gasteiger partial charge is 0.420 e. The molecule has 0 atom stereocenters. The van der Waals surface area contributed by atoms with Crippen molar-refractivity contribution in [2.75, 3.05) is 11.9 Å². The van der Waals surface area contributed by atoms with Crippen LogP contribution in [-0.2, 0) is 6.18 Å². The lowest BCUT2D eigenvalue weighted by atomic mass is 10.1. The summed E-state index contributed by atoms with van der Waals surface area (Å²) in [6, 6.07) is 6.67. The van der Waals surface area contributed by atoms with E-state index in [0.29, 0.717) is 6.42 Å². The zero-order valence-electron chi connectivity index (χ0n) is 19.2. The number of anilines is 1. The Morgan fingerprint density at radius 1 is 1.12 bits per heavy atom. The van der Waals surface area contributed by atoms with Crippen LogP contribution < -0.4 is 15.4 Å². The number of rotatable bonds is 7. The van der Waals surface area contributed by atoms with Gasteiger partial charge in [-0.25, -0.2) is 0 Å². The van der Waals surface area contributed by atoms with Gasteiger partial charge >= 0.3 is 6.18 Å². The average Bonchev–Trinajstić information content (AvgIpc) is 2.80. The van der Waals surface area contributed by atoms with Crippen molar-refractivity contribution in [3.05, 3.63) is 53.9 Å². The minimum absolute atomic E-state index is 0.0877. The summed E-state index contributed by atoms with van der Waals surface area (Å²) in [7, 11) is 0. The van der Waals surface area contributed by atoms with Crippen molar-refractivity contribution < 1.29 is 22.7 Å². The number of thiocarbonyl (C=S) groups is 1. The van der Waals surface area contributed by atoms with Gasteiger partial charge in [0.1, 0.15) is 5.75 Å². The highest BCUT2D eigenvalue weighted by Gasteiger charge is 2.34. The van der Waals surface area contributed by atoms with Crippen molar-refractivity contribution >= 4 is 28.9 Å². The van der Waals surface area contributed by atoms with Crippen molar-refractivity contribution in [2.24, 2.45) is 0 Å². The maximum Gasteiger partial charge on any atom is 0.420 e. The fourth-order valence-corrected chi connectivity index (χ4v) is 2.53. The molecule has 2 aromatic rings. The summed E-state index contributed by atoms with van der Waals surface area (Å²) in [4.78, 5) is 15.8. The molecule has 0 spiro atoms. The third-order valence-corrected chi connectivity index (χ3v) is 3.90. The van der Waals surface area contributed by atoms with Crippen molar-refractivity contribution in [1.29, 1.82) is 0 Å². The monoisotopic (exact) mass is 471 g/mol. The highest BCUT2D eigenvalue weighted by atomic mass is 32.1. The Hall–Kier alpha value is -2.68. The van der Waals surface area contributed by atoms with E-state index in [1.54, 1.807) is 6.07 Å². The number of carbonyl (C=O) groups is 1. The lowest BCUT2D eigenvalue weighted by molar-refractivity contribution is -0.138. The number of benzene rings is 1. The number of nitrogens with one attached hydrogen (secondary N) is 2. The first-order valence-electron chi connectivity index (χ1n) is 10.7. The number of pyridine rings is 1. The minimum atomic E-state index is -4.58. The highest BCUT2D eigenvalue weighted by Crippen LogP contribution is 2.38. The van der Waals surface area contributed by atoms with Gasteiger partial charge in [0.2, 0.25) is 0 Å². The summed E-state index contributed by atoms with van der Waals surface area (Å²) in [6.45, 7) is 10.2. The molecule has 1 amide bonds. The molecule has 0 saturated heterocycles. The standard InChI is InChI=1S/C19H20F3N3O2S.2C2H6/c1-2-3-4-10-27-16-8-7-14(11-15(16)19(20,21)22)24-18(28)25-17(26)13-6-5-9-23-12-13;2*1-2/h5-9,11-12H,2-4,10H2,1H3,(H2,24,25,26,28);2*1-2H3. The van der Waals surface area contributed by atoms with E-state index in [4.69, 9.17) is 17.0 Å². The zero-order chi connectivity index (χ0) is 24.6. The highest BCUT2D eigenvalue weighted by molar-refractivity contribution is 7.80. The molecule has 0 aliphatic rings. The summed E-state index contributed by atoms with van der Waals surface area (Å²) >= 11 is 5.00. The quantitative estimate of drug-likeness (QED) is 0.342. The number of alkyl halides is 3. The van der Waals surface area contributed by atoms with E-state index in [1.807, 2.05) is 34.6 Å². The van der Waals surface area contributed by atoms with Gasteiger partial charge in [-0.05, 0) is 49.0 Å². The van der Waals surface area contributed by atoms with Gasteiger partial charge in [-0.1, -0.05) is 47.5 Å². The van der Waals surface area contributed by atoms with Crippen LogP contribution in [0.25, 0.3) is 0 Å². The van der Waals surface area contributed by atoms with Gasteiger partial charge < -0.3 is 10.1 Å². The molecule has 5 nitrogen and oxygen atoms in total. The maximum absolute atomic E-state index is 13.4. The number of halogens is 3. The second-order valence-electron chi connectivity index (χ2n) is 5.91. The van der Waals surface area contributed by atoms with Gasteiger partial charge in [0.15, 0.2) is 5.11 Å². The molecule has 1 heterocycles. The number of hydrogen-bond acceptors (Lipinski definition) is 4. The Labute approximate surface area is 193 Å². The van der Waals surface area contributed by atoms with Crippen molar-refractivity contribution in [3.8, 4) is 5.75 Å².